The molecule has 1 aliphatic heterocycles. The molecule has 156 valence electrons. The molecule has 1 aromatic heterocycles. The van der Waals surface area contributed by atoms with Crippen LogP contribution in [0.3, 0.4) is 0 Å². The maximum absolute atomic E-state index is 5.58. The first-order valence-corrected chi connectivity index (χ1v) is 9.93. The fourth-order valence-corrected chi connectivity index (χ4v) is 4.13. The molecule has 29 heavy (non-hydrogen) atoms. The molecule has 0 radical (unpaired) electrons. The first kappa shape index (κ1) is 21.7. The SMILES string of the molecule is CN=C(NC1CC1(C)c1ccccc1OC)N1CCN(c2ccccn2)CC1.I. The van der Waals surface area contributed by atoms with E-state index in [9.17, 15) is 0 Å². The van der Waals surface area contributed by atoms with Crippen LogP contribution in [-0.4, -0.2) is 62.2 Å². The highest BCUT2D eigenvalue weighted by Gasteiger charge is 2.53. The van der Waals surface area contributed by atoms with E-state index in [1.54, 1.807) is 7.11 Å². The minimum Gasteiger partial charge on any atom is -0.496 e. The Bertz CT molecular complexity index is 838. The van der Waals surface area contributed by atoms with E-state index in [0.29, 0.717) is 6.04 Å². The summed E-state index contributed by atoms with van der Waals surface area (Å²) >= 11 is 0. The molecule has 2 fully saturated rings. The van der Waals surface area contributed by atoms with Gasteiger partial charge in [-0.2, -0.15) is 0 Å². The molecule has 0 amide bonds. The Morgan fingerprint density at radius 3 is 2.52 bits per heavy atom. The second-order valence-electron chi connectivity index (χ2n) is 7.73. The van der Waals surface area contributed by atoms with E-state index < -0.39 is 0 Å². The van der Waals surface area contributed by atoms with E-state index in [1.165, 1.54) is 5.56 Å². The summed E-state index contributed by atoms with van der Waals surface area (Å²) in [5, 5.41) is 3.69. The van der Waals surface area contributed by atoms with Gasteiger partial charge >= 0.3 is 0 Å². The highest BCUT2D eigenvalue weighted by molar-refractivity contribution is 14.0. The third kappa shape index (κ3) is 4.44. The molecule has 7 heteroatoms. The molecule has 1 N–H and O–H groups in total. The van der Waals surface area contributed by atoms with E-state index in [1.807, 2.05) is 37.5 Å². The maximum Gasteiger partial charge on any atom is 0.194 e. The molecule has 2 aliphatic rings. The van der Waals surface area contributed by atoms with Crippen molar-refractivity contribution in [1.82, 2.24) is 15.2 Å². The first-order valence-electron chi connectivity index (χ1n) is 9.93. The smallest absolute Gasteiger partial charge is 0.194 e. The number of para-hydroxylation sites is 1. The molecular weight excluding hydrogens is 477 g/mol. The Labute approximate surface area is 190 Å². The van der Waals surface area contributed by atoms with Gasteiger partial charge in [-0.05, 0) is 24.6 Å². The molecule has 6 nitrogen and oxygen atoms in total. The van der Waals surface area contributed by atoms with Crippen molar-refractivity contribution >= 4 is 35.8 Å². The fourth-order valence-electron chi connectivity index (χ4n) is 4.13. The Balaban J connectivity index is 0.00000240. The van der Waals surface area contributed by atoms with Crippen LogP contribution in [0.15, 0.2) is 53.7 Å². The van der Waals surface area contributed by atoms with Crippen LogP contribution in [0.25, 0.3) is 0 Å². The Kier molecular flexibility index (Phi) is 6.87. The molecule has 1 saturated carbocycles. The van der Waals surface area contributed by atoms with E-state index in [-0.39, 0.29) is 29.4 Å². The van der Waals surface area contributed by atoms with Crippen molar-refractivity contribution in [2.24, 2.45) is 4.99 Å². The lowest BCUT2D eigenvalue weighted by molar-refractivity contribution is 0.369. The van der Waals surface area contributed by atoms with Gasteiger partial charge in [0.05, 0.1) is 7.11 Å². The van der Waals surface area contributed by atoms with Crippen LogP contribution in [0.2, 0.25) is 0 Å². The van der Waals surface area contributed by atoms with Crippen molar-refractivity contribution in [3.05, 3.63) is 54.2 Å². The topological polar surface area (TPSA) is 53.0 Å². The number of pyridine rings is 1. The monoisotopic (exact) mass is 507 g/mol. The van der Waals surface area contributed by atoms with Gasteiger partial charge in [-0.1, -0.05) is 31.2 Å². The van der Waals surface area contributed by atoms with Gasteiger partial charge in [-0.15, -0.1) is 24.0 Å². The fraction of sp³-hybridized carbons (Fsp3) is 0.455. The van der Waals surface area contributed by atoms with Crippen LogP contribution >= 0.6 is 24.0 Å². The summed E-state index contributed by atoms with van der Waals surface area (Å²) in [5.41, 5.74) is 1.35. The Morgan fingerprint density at radius 2 is 1.86 bits per heavy atom. The van der Waals surface area contributed by atoms with Crippen LogP contribution in [0.5, 0.6) is 5.75 Å². The summed E-state index contributed by atoms with van der Waals surface area (Å²) in [6, 6.07) is 14.8. The summed E-state index contributed by atoms with van der Waals surface area (Å²) in [4.78, 5) is 13.7. The van der Waals surface area contributed by atoms with E-state index in [2.05, 4.69) is 50.2 Å². The number of hydrogen-bond donors (Lipinski definition) is 1. The predicted molar refractivity (Wildman–Crippen MR) is 129 cm³/mol. The number of aromatic nitrogens is 1. The number of hydrogen-bond acceptors (Lipinski definition) is 4. The molecular formula is C22H30IN5O. The molecule has 1 saturated heterocycles. The predicted octanol–water partition coefficient (Wildman–Crippen LogP) is 3.14. The average molecular weight is 507 g/mol. The third-order valence-electron chi connectivity index (χ3n) is 6.03. The lowest BCUT2D eigenvalue weighted by atomic mass is 9.96. The summed E-state index contributed by atoms with van der Waals surface area (Å²) < 4.78 is 5.58. The molecule has 2 heterocycles. The van der Waals surface area contributed by atoms with E-state index >= 15 is 0 Å². The van der Waals surface area contributed by atoms with Crippen molar-refractivity contribution < 1.29 is 4.74 Å². The Hall–Kier alpha value is -2.03. The van der Waals surface area contributed by atoms with E-state index in [4.69, 9.17) is 4.74 Å². The second-order valence-corrected chi connectivity index (χ2v) is 7.73. The lowest BCUT2D eigenvalue weighted by Crippen LogP contribution is -2.53. The van der Waals surface area contributed by atoms with Gasteiger partial charge in [-0.3, -0.25) is 4.99 Å². The third-order valence-corrected chi connectivity index (χ3v) is 6.03. The lowest BCUT2D eigenvalue weighted by Gasteiger charge is -2.37. The van der Waals surface area contributed by atoms with Crippen molar-refractivity contribution in [3.8, 4) is 5.75 Å². The van der Waals surface area contributed by atoms with Gasteiger partial charge in [0.25, 0.3) is 0 Å². The highest BCUT2D eigenvalue weighted by atomic mass is 127. The molecule has 2 aromatic rings. The van der Waals surface area contributed by atoms with Crippen molar-refractivity contribution in [2.45, 2.75) is 24.8 Å². The number of halogens is 1. The van der Waals surface area contributed by atoms with Gasteiger partial charge in [0.15, 0.2) is 5.96 Å². The molecule has 0 spiro atoms. The normalized spacial score (nSPS) is 24.0. The highest BCUT2D eigenvalue weighted by Crippen LogP contribution is 2.51. The number of benzene rings is 1. The van der Waals surface area contributed by atoms with Crippen molar-refractivity contribution in [2.75, 3.05) is 45.2 Å². The zero-order chi connectivity index (χ0) is 19.6. The second kappa shape index (κ2) is 9.19. The molecule has 2 unspecified atom stereocenters. The summed E-state index contributed by atoms with van der Waals surface area (Å²) in [5.74, 6) is 3.01. The van der Waals surface area contributed by atoms with Crippen LogP contribution in [0.4, 0.5) is 5.82 Å². The van der Waals surface area contributed by atoms with Crippen LogP contribution < -0.4 is 15.0 Å². The van der Waals surface area contributed by atoms with Crippen LogP contribution in [-0.2, 0) is 5.41 Å². The summed E-state index contributed by atoms with van der Waals surface area (Å²) in [6.07, 6.45) is 2.94. The van der Waals surface area contributed by atoms with Crippen LogP contribution in [0, 0.1) is 0 Å². The minimum absolute atomic E-state index is 0. The van der Waals surface area contributed by atoms with E-state index in [0.717, 1.165) is 50.1 Å². The zero-order valence-electron chi connectivity index (χ0n) is 17.3. The van der Waals surface area contributed by atoms with Gasteiger partial charge in [0, 0.05) is 56.4 Å². The Morgan fingerprint density at radius 1 is 1.14 bits per heavy atom. The quantitative estimate of drug-likeness (QED) is 0.392. The average Bonchev–Trinajstić information content (AvgIpc) is 3.43. The summed E-state index contributed by atoms with van der Waals surface area (Å²) in [6.45, 7) is 6.08. The number of nitrogens with one attached hydrogen (secondary N) is 1. The number of methoxy groups -OCH3 is 1. The molecule has 1 aromatic carbocycles. The number of piperazine rings is 1. The summed E-state index contributed by atoms with van der Waals surface area (Å²) in [7, 11) is 3.61. The van der Waals surface area contributed by atoms with Crippen molar-refractivity contribution in [3.63, 3.8) is 0 Å². The molecule has 4 rings (SSSR count). The minimum atomic E-state index is 0. The largest absolute Gasteiger partial charge is 0.496 e. The van der Waals surface area contributed by atoms with Gasteiger partial charge in [0.1, 0.15) is 11.6 Å². The molecule has 0 bridgehead atoms. The van der Waals surface area contributed by atoms with Crippen LogP contribution in [0.1, 0.15) is 18.9 Å². The van der Waals surface area contributed by atoms with Crippen molar-refractivity contribution in [1.29, 1.82) is 0 Å². The first-order chi connectivity index (χ1) is 13.7. The number of rotatable bonds is 4. The standard InChI is InChI=1S/C22H29N5O.HI/c1-22(17-8-4-5-9-18(17)28-3)16-19(22)25-21(23-2)27-14-12-26(13-15-27)20-10-6-7-11-24-20;/h4-11,19H,12-16H2,1-3H3,(H,23,25);1H. The van der Waals surface area contributed by atoms with Gasteiger partial charge in [0.2, 0.25) is 0 Å². The number of guanidine groups is 1. The molecule has 1 aliphatic carbocycles. The maximum atomic E-state index is 5.58. The number of aliphatic imine (C=N–C) groups is 1. The van der Waals surface area contributed by atoms with Gasteiger partial charge in [-0.25, -0.2) is 4.98 Å². The number of ether oxygens (including phenoxy) is 1. The number of nitrogens with zero attached hydrogens (tertiary/aromatic N) is 4. The molecule has 2 atom stereocenters. The number of anilines is 1. The van der Waals surface area contributed by atoms with Gasteiger partial charge < -0.3 is 19.9 Å². The zero-order valence-corrected chi connectivity index (χ0v) is 19.7.